The molecular weight excluding hydrogens is 568 g/mol. The Kier molecular flexibility index (Phi) is 17.6. The fraction of sp³-hybridized carbons (Fsp3) is 0.682. The number of carbonyl (C=O) groups is 7. The molecule has 0 fully saturated rings. The maximum atomic E-state index is 12.8. The van der Waals surface area contributed by atoms with E-state index in [1.54, 1.807) is 0 Å². The van der Waals surface area contributed by atoms with Gasteiger partial charge in [0.05, 0.1) is 12.5 Å². The molecule has 12 N–H and O–H groups in total. The molecular formula is C22H40N8O8S2. The Bertz CT molecular complexity index is 925. The van der Waals surface area contributed by atoms with Gasteiger partial charge in [-0.3, -0.25) is 28.8 Å². The lowest BCUT2D eigenvalue weighted by molar-refractivity contribution is -0.141. The van der Waals surface area contributed by atoms with Crippen molar-refractivity contribution in [2.45, 2.75) is 75.8 Å². The molecule has 0 saturated heterocycles. The Morgan fingerprint density at radius 3 is 1.65 bits per heavy atom. The summed E-state index contributed by atoms with van der Waals surface area (Å²) in [5.41, 5.74) is 16.3. The van der Waals surface area contributed by atoms with Crippen molar-refractivity contribution in [3.05, 3.63) is 0 Å². The summed E-state index contributed by atoms with van der Waals surface area (Å²) >= 11 is 7.79. The largest absolute Gasteiger partial charge is 0.480 e. The number of aliphatic carboxylic acids is 1. The zero-order valence-electron chi connectivity index (χ0n) is 22.3. The number of hydrogen-bond acceptors (Lipinski definition) is 11. The summed E-state index contributed by atoms with van der Waals surface area (Å²) in [6, 6.07) is -7.25. The molecule has 6 amide bonds. The standard InChI is InChI=1S/C22H40N8O8S2/c1-10(27-20(35)13(5-3-4-6-23)28-19(34)12(24)8-39)17(32)26-11(2)18(33)29-14(7-16(25)31)21(36)30-15(9-40)22(37)38/h10-15,39-40H,3-9,23-24H2,1-2H3,(H2,25,31)(H,26,32)(H,27,35)(H,28,34)(H,29,33)(H,30,36)(H,37,38)/t10-,11-,12-,13-,14-,15-/m0/s1. The van der Waals surface area contributed by atoms with E-state index < -0.39 is 84.1 Å². The number of hydrogen-bond donors (Lipinski definition) is 11. The van der Waals surface area contributed by atoms with Crippen LogP contribution in [0.5, 0.6) is 0 Å². The van der Waals surface area contributed by atoms with Gasteiger partial charge in [0.1, 0.15) is 30.2 Å². The Morgan fingerprint density at radius 1 is 0.700 bits per heavy atom. The van der Waals surface area contributed by atoms with Gasteiger partial charge in [0.25, 0.3) is 0 Å². The molecule has 0 radical (unpaired) electrons. The number of thiol groups is 2. The van der Waals surface area contributed by atoms with Crippen LogP contribution in [0.2, 0.25) is 0 Å². The van der Waals surface area contributed by atoms with E-state index in [4.69, 9.17) is 22.3 Å². The average Bonchev–Trinajstić information content (AvgIpc) is 2.89. The van der Waals surface area contributed by atoms with E-state index >= 15 is 0 Å². The first-order chi connectivity index (χ1) is 18.7. The summed E-state index contributed by atoms with van der Waals surface area (Å²) in [7, 11) is 0. The molecule has 18 heteroatoms. The molecule has 0 bridgehead atoms. The molecule has 0 aliphatic carbocycles. The number of amides is 6. The summed E-state index contributed by atoms with van der Waals surface area (Å²) in [6.45, 7) is 3.01. The molecule has 228 valence electrons. The lowest BCUT2D eigenvalue weighted by atomic mass is 10.1. The predicted octanol–water partition coefficient (Wildman–Crippen LogP) is -4.27. The Labute approximate surface area is 242 Å². The highest BCUT2D eigenvalue weighted by Crippen LogP contribution is 2.03. The summed E-state index contributed by atoms with van der Waals surface area (Å²) in [5, 5.41) is 20.8. The van der Waals surface area contributed by atoms with Gasteiger partial charge in [0, 0.05) is 11.5 Å². The number of nitrogens with one attached hydrogen (secondary N) is 5. The highest BCUT2D eigenvalue weighted by atomic mass is 32.1. The minimum absolute atomic E-state index is 0.0546. The third-order valence-corrected chi connectivity index (χ3v) is 6.21. The van der Waals surface area contributed by atoms with Gasteiger partial charge in [0.2, 0.25) is 35.4 Å². The van der Waals surface area contributed by atoms with E-state index in [1.165, 1.54) is 13.8 Å². The molecule has 0 rings (SSSR count). The van der Waals surface area contributed by atoms with Gasteiger partial charge >= 0.3 is 5.97 Å². The van der Waals surface area contributed by atoms with E-state index in [0.29, 0.717) is 19.4 Å². The van der Waals surface area contributed by atoms with Crippen molar-refractivity contribution in [2.75, 3.05) is 18.1 Å². The molecule has 0 aliphatic rings. The van der Waals surface area contributed by atoms with Crippen LogP contribution in [0.1, 0.15) is 39.5 Å². The molecule has 0 aromatic rings. The van der Waals surface area contributed by atoms with Crippen molar-refractivity contribution in [1.29, 1.82) is 0 Å². The van der Waals surface area contributed by atoms with Crippen LogP contribution < -0.4 is 43.8 Å². The minimum atomic E-state index is -1.52. The smallest absolute Gasteiger partial charge is 0.327 e. The van der Waals surface area contributed by atoms with Crippen molar-refractivity contribution < 1.29 is 38.7 Å². The number of carbonyl (C=O) groups excluding carboxylic acids is 6. The first kappa shape index (κ1) is 36.9. The Hall–Kier alpha value is -3.09. The van der Waals surface area contributed by atoms with Crippen molar-refractivity contribution >= 4 is 66.7 Å². The van der Waals surface area contributed by atoms with Gasteiger partial charge < -0.3 is 48.9 Å². The Morgan fingerprint density at radius 2 is 1.18 bits per heavy atom. The van der Waals surface area contributed by atoms with Crippen LogP contribution in [0, 0.1) is 0 Å². The Balaban J connectivity index is 5.26. The van der Waals surface area contributed by atoms with Crippen molar-refractivity contribution in [3.63, 3.8) is 0 Å². The second kappa shape index (κ2) is 19.1. The fourth-order valence-corrected chi connectivity index (χ4v) is 3.49. The fourth-order valence-electron chi connectivity index (χ4n) is 3.07. The van der Waals surface area contributed by atoms with Crippen LogP contribution in [0.25, 0.3) is 0 Å². The van der Waals surface area contributed by atoms with Crippen molar-refractivity contribution in [2.24, 2.45) is 17.2 Å². The summed E-state index contributed by atoms with van der Waals surface area (Å²) in [5.74, 6) is -6.44. The number of primary amides is 1. The number of rotatable bonds is 19. The molecule has 0 aliphatic heterocycles. The van der Waals surface area contributed by atoms with Crippen LogP contribution in [0.15, 0.2) is 0 Å². The lowest BCUT2D eigenvalue weighted by Crippen LogP contribution is -2.58. The van der Waals surface area contributed by atoms with E-state index in [2.05, 4.69) is 51.8 Å². The third-order valence-electron chi connectivity index (χ3n) is 5.45. The molecule has 0 aromatic heterocycles. The quantitative estimate of drug-likeness (QED) is 0.0496. The zero-order chi connectivity index (χ0) is 31.0. The third kappa shape index (κ3) is 13.8. The van der Waals surface area contributed by atoms with E-state index in [-0.39, 0.29) is 17.9 Å². The highest BCUT2D eigenvalue weighted by molar-refractivity contribution is 7.80. The molecule has 0 unspecified atom stereocenters. The first-order valence-electron chi connectivity index (χ1n) is 12.4. The molecule has 0 aromatic carbocycles. The molecule has 0 spiro atoms. The van der Waals surface area contributed by atoms with Gasteiger partial charge in [-0.2, -0.15) is 25.3 Å². The number of carboxylic acid groups (broad SMARTS) is 1. The number of nitrogens with two attached hydrogens (primary N) is 3. The average molecular weight is 609 g/mol. The van der Waals surface area contributed by atoms with Gasteiger partial charge in [0.15, 0.2) is 0 Å². The second-order valence-corrected chi connectivity index (χ2v) is 9.64. The number of unbranched alkanes of at least 4 members (excludes halogenated alkanes) is 1. The molecule has 40 heavy (non-hydrogen) atoms. The van der Waals surface area contributed by atoms with Crippen LogP contribution in [-0.4, -0.2) is 101 Å². The molecule has 6 atom stereocenters. The molecule has 16 nitrogen and oxygen atoms in total. The SMILES string of the molecule is C[C@H](NC(=O)[C@H](C)NC(=O)[C@H](CCCCN)NC(=O)[C@@H](N)CS)C(=O)N[C@@H](CC(N)=O)C(=O)N[C@@H](CS)C(=O)O. The summed E-state index contributed by atoms with van der Waals surface area (Å²) in [6.07, 6.45) is 0.712. The second-order valence-electron chi connectivity index (χ2n) is 8.91. The predicted molar refractivity (Wildman–Crippen MR) is 151 cm³/mol. The summed E-state index contributed by atoms with van der Waals surface area (Å²) in [4.78, 5) is 85.2. The van der Waals surface area contributed by atoms with Gasteiger partial charge in [-0.05, 0) is 39.7 Å². The summed E-state index contributed by atoms with van der Waals surface area (Å²) < 4.78 is 0. The maximum absolute atomic E-state index is 12.8. The molecule has 0 saturated carbocycles. The van der Waals surface area contributed by atoms with Crippen LogP contribution in [0.3, 0.4) is 0 Å². The van der Waals surface area contributed by atoms with Crippen LogP contribution in [-0.2, 0) is 33.6 Å². The normalized spacial score (nSPS) is 15.2. The molecule has 0 heterocycles. The van der Waals surface area contributed by atoms with Crippen LogP contribution >= 0.6 is 25.3 Å². The first-order valence-corrected chi connectivity index (χ1v) is 13.6. The van der Waals surface area contributed by atoms with Gasteiger partial charge in [-0.25, -0.2) is 4.79 Å². The van der Waals surface area contributed by atoms with Gasteiger partial charge in [-0.1, -0.05) is 0 Å². The lowest BCUT2D eigenvalue weighted by Gasteiger charge is -2.24. The minimum Gasteiger partial charge on any atom is -0.480 e. The zero-order valence-corrected chi connectivity index (χ0v) is 24.1. The monoisotopic (exact) mass is 608 g/mol. The van der Waals surface area contributed by atoms with E-state index in [0.717, 1.165) is 0 Å². The van der Waals surface area contributed by atoms with Crippen LogP contribution in [0.4, 0.5) is 0 Å². The maximum Gasteiger partial charge on any atom is 0.327 e. The van der Waals surface area contributed by atoms with Crippen molar-refractivity contribution in [1.82, 2.24) is 26.6 Å². The van der Waals surface area contributed by atoms with E-state index in [9.17, 15) is 33.6 Å². The van der Waals surface area contributed by atoms with Crippen molar-refractivity contribution in [3.8, 4) is 0 Å². The van der Waals surface area contributed by atoms with Gasteiger partial charge in [-0.15, -0.1) is 0 Å². The van der Waals surface area contributed by atoms with E-state index in [1.807, 2.05) is 0 Å². The highest BCUT2D eigenvalue weighted by Gasteiger charge is 2.30. The number of carboxylic acids is 1. The topological polar surface area (TPSA) is 278 Å².